The average Bonchev–Trinajstić information content (AvgIpc) is 3.20. The monoisotopic (exact) mass is 427 g/mol. The van der Waals surface area contributed by atoms with Crippen LogP contribution < -0.4 is 9.47 Å². The van der Waals surface area contributed by atoms with Gasteiger partial charge in [-0.15, -0.1) is 0 Å². The standard InChI is InChI=1S/C24H29NO6/c1-3-24(30-23(26)27)17-20(25-31-24)19-13-14-21(28-2)22(16-19)29-15-9-5-8-12-18-10-6-4-7-11-18/h4,6-7,10-11,13-14,16H,3,5,8-9,12,15,17H2,1-2H3,(H,26,27). The van der Waals surface area contributed by atoms with E-state index in [0.717, 1.165) is 31.2 Å². The number of rotatable bonds is 11. The molecule has 1 aliphatic heterocycles. The predicted molar refractivity (Wildman–Crippen MR) is 117 cm³/mol. The maximum absolute atomic E-state index is 11.0. The van der Waals surface area contributed by atoms with Gasteiger partial charge in [0.05, 0.1) is 25.8 Å². The summed E-state index contributed by atoms with van der Waals surface area (Å²) in [6.45, 7) is 2.38. The van der Waals surface area contributed by atoms with Crippen molar-refractivity contribution in [2.45, 2.75) is 51.2 Å². The van der Waals surface area contributed by atoms with E-state index in [1.165, 1.54) is 5.56 Å². The van der Waals surface area contributed by atoms with Crippen molar-refractivity contribution in [2.75, 3.05) is 13.7 Å². The zero-order valence-electron chi connectivity index (χ0n) is 18.0. The lowest BCUT2D eigenvalue weighted by atomic mass is 10.0. The van der Waals surface area contributed by atoms with Gasteiger partial charge in [-0.1, -0.05) is 42.4 Å². The lowest BCUT2D eigenvalue weighted by molar-refractivity contribution is -0.195. The maximum atomic E-state index is 11.0. The quantitative estimate of drug-likeness (QED) is 0.381. The second-order valence-corrected chi connectivity index (χ2v) is 7.45. The molecule has 1 heterocycles. The van der Waals surface area contributed by atoms with Gasteiger partial charge in [-0.05, 0) is 49.4 Å². The molecule has 31 heavy (non-hydrogen) atoms. The fourth-order valence-electron chi connectivity index (χ4n) is 3.49. The van der Waals surface area contributed by atoms with Crippen molar-refractivity contribution in [1.29, 1.82) is 0 Å². The van der Waals surface area contributed by atoms with Crippen LogP contribution in [0.4, 0.5) is 4.79 Å². The van der Waals surface area contributed by atoms with Crippen molar-refractivity contribution < 1.29 is 28.9 Å². The van der Waals surface area contributed by atoms with Crippen LogP contribution in [0.3, 0.4) is 0 Å². The summed E-state index contributed by atoms with van der Waals surface area (Å²) in [5.41, 5.74) is 2.75. The van der Waals surface area contributed by atoms with Crippen LogP contribution in [-0.2, 0) is 16.0 Å². The average molecular weight is 427 g/mol. The van der Waals surface area contributed by atoms with E-state index in [2.05, 4.69) is 29.4 Å². The number of oxime groups is 1. The number of carboxylic acid groups (broad SMARTS) is 1. The summed E-state index contributed by atoms with van der Waals surface area (Å²) in [5.74, 6) is -0.0177. The topological polar surface area (TPSA) is 86.6 Å². The van der Waals surface area contributed by atoms with Crippen LogP contribution in [0.15, 0.2) is 53.7 Å². The Labute approximate surface area is 182 Å². The van der Waals surface area contributed by atoms with Crippen molar-refractivity contribution in [3.63, 3.8) is 0 Å². The van der Waals surface area contributed by atoms with E-state index < -0.39 is 11.9 Å². The molecule has 7 nitrogen and oxygen atoms in total. The van der Waals surface area contributed by atoms with Crippen LogP contribution >= 0.6 is 0 Å². The molecule has 2 aromatic carbocycles. The molecule has 166 valence electrons. The zero-order valence-corrected chi connectivity index (χ0v) is 18.0. The molecule has 0 saturated carbocycles. The molecule has 0 radical (unpaired) electrons. The summed E-state index contributed by atoms with van der Waals surface area (Å²) in [5, 5.41) is 13.0. The Kier molecular flexibility index (Phi) is 7.76. The Balaban J connectivity index is 1.54. The molecule has 7 heteroatoms. The molecule has 0 aliphatic carbocycles. The summed E-state index contributed by atoms with van der Waals surface area (Å²) >= 11 is 0. The van der Waals surface area contributed by atoms with Gasteiger partial charge in [-0.3, -0.25) is 0 Å². The van der Waals surface area contributed by atoms with E-state index in [1.807, 2.05) is 24.3 Å². The molecule has 0 spiro atoms. The van der Waals surface area contributed by atoms with Crippen LogP contribution in [-0.4, -0.2) is 36.5 Å². The van der Waals surface area contributed by atoms with Crippen molar-refractivity contribution in [2.24, 2.45) is 5.16 Å². The van der Waals surface area contributed by atoms with Gasteiger partial charge in [-0.2, -0.15) is 0 Å². The van der Waals surface area contributed by atoms with Crippen molar-refractivity contribution in [1.82, 2.24) is 0 Å². The first-order valence-electron chi connectivity index (χ1n) is 10.6. The highest BCUT2D eigenvalue weighted by Gasteiger charge is 2.42. The number of nitrogens with zero attached hydrogens (tertiary/aromatic N) is 1. The molecule has 1 atom stereocenters. The predicted octanol–water partition coefficient (Wildman–Crippen LogP) is 5.41. The van der Waals surface area contributed by atoms with Gasteiger partial charge in [0.1, 0.15) is 0 Å². The third kappa shape index (κ3) is 6.13. The van der Waals surface area contributed by atoms with Crippen LogP contribution in [0, 0.1) is 0 Å². The number of methoxy groups -OCH3 is 1. The second kappa shape index (κ2) is 10.7. The largest absolute Gasteiger partial charge is 0.509 e. The Bertz CT molecular complexity index is 898. The number of carbonyl (C=O) groups is 1. The lowest BCUT2D eigenvalue weighted by Gasteiger charge is -2.22. The summed E-state index contributed by atoms with van der Waals surface area (Å²) in [6, 6.07) is 16.0. The summed E-state index contributed by atoms with van der Waals surface area (Å²) < 4.78 is 16.3. The molecule has 1 aliphatic rings. The highest BCUT2D eigenvalue weighted by molar-refractivity contribution is 6.02. The Hall–Kier alpha value is -3.22. The van der Waals surface area contributed by atoms with Gasteiger partial charge in [0.2, 0.25) is 0 Å². The first-order valence-corrected chi connectivity index (χ1v) is 10.6. The maximum Gasteiger partial charge on any atom is 0.509 e. The SMILES string of the molecule is CCC1(OC(=O)O)CC(c2ccc(OC)c(OCCCCCc3ccccc3)c2)=NO1. The fraction of sp³-hybridized carbons (Fsp3) is 0.417. The van der Waals surface area contributed by atoms with Crippen molar-refractivity contribution in [3.05, 3.63) is 59.7 Å². The van der Waals surface area contributed by atoms with Gasteiger partial charge in [0.25, 0.3) is 5.79 Å². The third-order valence-electron chi connectivity index (χ3n) is 5.28. The first kappa shape index (κ1) is 22.5. The normalized spacial score (nSPS) is 17.5. The zero-order chi connectivity index (χ0) is 22.1. The minimum Gasteiger partial charge on any atom is -0.493 e. The minimum atomic E-state index is -1.38. The van der Waals surface area contributed by atoms with Gasteiger partial charge >= 0.3 is 6.16 Å². The molecule has 0 saturated heterocycles. The van der Waals surface area contributed by atoms with Gasteiger partial charge in [0, 0.05) is 12.0 Å². The summed E-state index contributed by atoms with van der Waals surface area (Å²) in [4.78, 5) is 16.3. The minimum absolute atomic E-state index is 0.237. The fourth-order valence-corrected chi connectivity index (χ4v) is 3.49. The molecule has 1 unspecified atom stereocenters. The van der Waals surface area contributed by atoms with Crippen molar-refractivity contribution >= 4 is 11.9 Å². The molecule has 0 fully saturated rings. The molecule has 2 aromatic rings. The Morgan fingerprint density at radius 2 is 1.94 bits per heavy atom. The van der Waals surface area contributed by atoms with Crippen LogP contribution in [0.5, 0.6) is 11.5 Å². The molecular weight excluding hydrogens is 398 g/mol. The van der Waals surface area contributed by atoms with Crippen LogP contribution in [0.1, 0.15) is 50.2 Å². The highest BCUT2D eigenvalue weighted by atomic mass is 16.8. The molecule has 0 amide bonds. The smallest absolute Gasteiger partial charge is 0.493 e. The molecular formula is C24H29NO6. The van der Waals surface area contributed by atoms with Gasteiger partial charge in [-0.25, -0.2) is 4.79 Å². The Morgan fingerprint density at radius 1 is 1.13 bits per heavy atom. The number of hydrogen-bond acceptors (Lipinski definition) is 6. The van der Waals surface area contributed by atoms with Crippen LogP contribution in [0.25, 0.3) is 0 Å². The number of ether oxygens (including phenoxy) is 3. The number of aryl methyl sites for hydroxylation is 1. The number of unbranched alkanes of at least 4 members (excludes halogenated alkanes) is 2. The van der Waals surface area contributed by atoms with Gasteiger partial charge < -0.3 is 24.2 Å². The second-order valence-electron chi connectivity index (χ2n) is 7.45. The van der Waals surface area contributed by atoms with E-state index in [9.17, 15) is 4.79 Å². The molecule has 0 bridgehead atoms. The van der Waals surface area contributed by atoms with E-state index in [1.54, 1.807) is 14.0 Å². The Morgan fingerprint density at radius 3 is 2.65 bits per heavy atom. The lowest BCUT2D eigenvalue weighted by Crippen LogP contribution is -2.34. The molecule has 1 N–H and O–H groups in total. The summed E-state index contributed by atoms with van der Waals surface area (Å²) in [7, 11) is 1.60. The highest BCUT2D eigenvalue weighted by Crippen LogP contribution is 2.34. The van der Waals surface area contributed by atoms with Gasteiger partial charge in [0.15, 0.2) is 11.5 Å². The summed E-state index contributed by atoms with van der Waals surface area (Å²) in [6.07, 6.45) is 3.40. The number of hydrogen-bond donors (Lipinski definition) is 1. The van der Waals surface area contributed by atoms with E-state index >= 15 is 0 Å². The van der Waals surface area contributed by atoms with E-state index in [4.69, 9.17) is 24.2 Å². The van der Waals surface area contributed by atoms with E-state index in [-0.39, 0.29) is 6.42 Å². The van der Waals surface area contributed by atoms with Crippen molar-refractivity contribution in [3.8, 4) is 11.5 Å². The van der Waals surface area contributed by atoms with Crippen LogP contribution in [0.2, 0.25) is 0 Å². The van der Waals surface area contributed by atoms with E-state index in [0.29, 0.717) is 30.2 Å². The molecule has 3 rings (SSSR count). The number of benzene rings is 2. The molecule has 0 aromatic heterocycles. The third-order valence-corrected chi connectivity index (χ3v) is 5.28. The first-order chi connectivity index (χ1) is 15.0.